The second-order valence-electron chi connectivity index (χ2n) is 7.04. The first-order chi connectivity index (χ1) is 12.6. The van der Waals surface area contributed by atoms with Crippen LogP contribution in [0.25, 0.3) is 10.9 Å². The molecule has 6 nitrogen and oxygen atoms in total. The molecule has 1 amide bonds. The largest absolute Gasteiger partial charge is 0.497 e. The van der Waals surface area contributed by atoms with Crippen molar-refractivity contribution in [3.63, 3.8) is 0 Å². The zero-order valence-electron chi connectivity index (χ0n) is 15.1. The lowest BCUT2D eigenvalue weighted by Crippen LogP contribution is -2.32. The molecule has 1 aromatic heterocycles. The highest BCUT2D eigenvalue weighted by atomic mass is 16.5. The molecular weight excluding hydrogens is 332 g/mol. The van der Waals surface area contributed by atoms with E-state index in [-0.39, 0.29) is 11.8 Å². The lowest BCUT2D eigenvalue weighted by atomic mass is 9.82. The van der Waals surface area contributed by atoms with Gasteiger partial charge in [0.15, 0.2) is 0 Å². The van der Waals surface area contributed by atoms with Gasteiger partial charge in [-0.2, -0.15) is 0 Å². The number of nitrogens with one attached hydrogen (secondary N) is 1. The van der Waals surface area contributed by atoms with Crippen LogP contribution in [0.5, 0.6) is 5.75 Å². The molecule has 3 rings (SSSR count). The third-order valence-electron chi connectivity index (χ3n) is 5.34. The maximum atomic E-state index is 12.2. The Morgan fingerprint density at radius 3 is 2.69 bits per heavy atom. The Bertz CT molecular complexity index is 775. The first-order valence-corrected chi connectivity index (χ1v) is 9.19. The number of hydrogen-bond donors (Lipinski definition) is 2. The fourth-order valence-corrected chi connectivity index (χ4v) is 3.68. The van der Waals surface area contributed by atoms with Crippen LogP contribution in [-0.4, -0.2) is 35.2 Å². The van der Waals surface area contributed by atoms with Crippen LogP contribution >= 0.6 is 0 Å². The quantitative estimate of drug-likeness (QED) is 0.797. The summed E-state index contributed by atoms with van der Waals surface area (Å²) in [6.07, 6.45) is 5.61. The monoisotopic (exact) mass is 358 g/mol. The molecule has 0 radical (unpaired) electrons. The second-order valence-corrected chi connectivity index (χ2v) is 7.04. The van der Waals surface area contributed by atoms with Crippen molar-refractivity contribution in [3.05, 3.63) is 30.5 Å². The van der Waals surface area contributed by atoms with E-state index in [1.165, 1.54) is 0 Å². The topological polar surface area (TPSA) is 80.6 Å². The first kappa shape index (κ1) is 18.3. The smallest absolute Gasteiger partial charge is 0.306 e. The molecule has 140 valence electrons. The number of aliphatic carboxylic acids is 1. The molecule has 0 saturated heterocycles. The molecule has 1 aromatic carbocycles. The van der Waals surface area contributed by atoms with E-state index in [9.17, 15) is 9.59 Å². The average Bonchev–Trinajstić information content (AvgIpc) is 3.07. The molecule has 6 heteroatoms. The number of fused-ring (bicyclic) bond motifs is 1. The Morgan fingerprint density at radius 2 is 2.00 bits per heavy atom. The van der Waals surface area contributed by atoms with Crippen LogP contribution in [0.3, 0.4) is 0 Å². The van der Waals surface area contributed by atoms with Gasteiger partial charge in [0, 0.05) is 36.6 Å². The van der Waals surface area contributed by atoms with Gasteiger partial charge in [-0.05, 0) is 55.9 Å². The van der Waals surface area contributed by atoms with Gasteiger partial charge in [0.25, 0.3) is 0 Å². The van der Waals surface area contributed by atoms with Crippen molar-refractivity contribution in [2.45, 2.75) is 38.6 Å². The average molecular weight is 358 g/mol. The lowest BCUT2D eigenvalue weighted by molar-refractivity contribution is -0.143. The molecule has 0 spiro atoms. The fraction of sp³-hybridized carbons (Fsp3) is 0.500. The summed E-state index contributed by atoms with van der Waals surface area (Å²) in [6, 6.07) is 7.94. The number of aryl methyl sites for hydroxylation is 1. The minimum Gasteiger partial charge on any atom is -0.497 e. The Morgan fingerprint density at radius 1 is 1.23 bits per heavy atom. The third kappa shape index (κ3) is 4.36. The highest BCUT2D eigenvalue weighted by Gasteiger charge is 2.25. The van der Waals surface area contributed by atoms with Gasteiger partial charge in [0.2, 0.25) is 5.91 Å². The van der Waals surface area contributed by atoms with Gasteiger partial charge in [-0.1, -0.05) is 0 Å². The van der Waals surface area contributed by atoms with Crippen molar-refractivity contribution in [1.82, 2.24) is 9.88 Å². The van der Waals surface area contributed by atoms with Crippen molar-refractivity contribution in [2.24, 2.45) is 11.8 Å². The maximum absolute atomic E-state index is 12.2. The standard InChI is InChI=1S/C20H26N2O4/c1-26-17-6-7-18-16(12-17)8-10-22(18)11-9-19(23)21-13-14-2-4-15(5-3-14)20(24)25/h6-8,10,12,14-15H,2-5,9,11,13H2,1H3,(H,21,23)(H,24,25). The van der Waals surface area contributed by atoms with Crippen LogP contribution in [0.2, 0.25) is 0 Å². The summed E-state index contributed by atoms with van der Waals surface area (Å²) in [6.45, 7) is 1.28. The number of carbonyl (C=O) groups excluding carboxylic acids is 1. The summed E-state index contributed by atoms with van der Waals surface area (Å²) in [5.74, 6) is 0.368. The number of nitrogens with zero attached hydrogens (tertiary/aromatic N) is 1. The highest BCUT2D eigenvalue weighted by Crippen LogP contribution is 2.28. The van der Waals surface area contributed by atoms with E-state index in [1.54, 1.807) is 7.11 Å². The van der Waals surface area contributed by atoms with Gasteiger partial charge >= 0.3 is 5.97 Å². The number of hydrogen-bond acceptors (Lipinski definition) is 3. The number of benzene rings is 1. The molecule has 1 fully saturated rings. The Hall–Kier alpha value is -2.50. The molecule has 26 heavy (non-hydrogen) atoms. The molecule has 1 heterocycles. The first-order valence-electron chi connectivity index (χ1n) is 9.19. The lowest BCUT2D eigenvalue weighted by Gasteiger charge is -2.26. The molecule has 1 saturated carbocycles. The SMILES string of the molecule is COc1ccc2c(ccn2CCC(=O)NCC2CCC(C(=O)O)CC2)c1. The van der Waals surface area contributed by atoms with Crippen molar-refractivity contribution >= 4 is 22.8 Å². The van der Waals surface area contributed by atoms with Gasteiger partial charge in [-0.15, -0.1) is 0 Å². The summed E-state index contributed by atoms with van der Waals surface area (Å²) >= 11 is 0. The molecular formula is C20H26N2O4. The van der Waals surface area contributed by atoms with Crippen LogP contribution in [-0.2, 0) is 16.1 Å². The summed E-state index contributed by atoms with van der Waals surface area (Å²) in [4.78, 5) is 23.1. The van der Waals surface area contributed by atoms with Crippen molar-refractivity contribution < 1.29 is 19.4 Å². The van der Waals surface area contributed by atoms with Gasteiger partial charge < -0.3 is 19.7 Å². The molecule has 2 aromatic rings. The normalized spacial score (nSPS) is 20.0. The number of rotatable bonds is 7. The number of aromatic nitrogens is 1. The van der Waals surface area contributed by atoms with E-state index in [0.29, 0.717) is 38.3 Å². The van der Waals surface area contributed by atoms with Crippen molar-refractivity contribution in [3.8, 4) is 5.75 Å². The van der Waals surface area contributed by atoms with Gasteiger partial charge in [0.1, 0.15) is 5.75 Å². The minimum absolute atomic E-state index is 0.0423. The number of methoxy groups -OCH3 is 1. The maximum Gasteiger partial charge on any atom is 0.306 e. The fourth-order valence-electron chi connectivity index (χ4n) is 3.68. The number of carbonyl (C=O) groups is 2. The molecule has 0 bridgehead atoms. The number of carboxylic acid groups (broad SMARTS) is 1. The van der Waals surface area contributed by atoms with Crippen LogP contribution in [0.15, 0.2) is 30.5 Å². The van der Waals surface area contributed by atoms with Gasteiger partial charge in [-0.25, -0.2) is 0 Å². The zero-order valence-corrected chi connectivity index (χ0v) is 15.1. The summed E-state index contributed by atoms with van der Waals surface area (Å²) < 4.78 is 7.31. The van der Waals surface area contributed by atoms with E-state index >= 15 is 0 Å². The second kappa shape index (κ2) is 8.25. The van der Waals surface area contributed by atoms with Crippen LogP contribution in [0, 0.1) is 11.8 Å². The molecule has 0 unspecified atom stereocenters. The third-order valence-corrected chi connectivity index (χ3v) is 5.34. The van der Waals surface area contributed by atoms with Crippen LogP contribution in [0.1, 0.15) is 32.1 Å². The Labute approximate surface area is 153 Å². The number of carboxylic acids is 1. The van der Waals surface area contributed by atoms with E-state index < -0.39 is 5.97 Å². The van der Waals surface area contributed by atoms with E-state index in [0.717, 1.165) is 29.5 Å². The van der Waals surface area contributed by atoms with Crippen LogP contribution in [0.4, 0.5) is 0 Å². The van der Waals surface area contributed by atoms with E-state index in [2.05, 4.69) is 9.88 Å². The molecule has 0 atom stereocenters. The molecule has 1 aliphatic rings. The number of amides is 1. The molecule has 0 aliphatic heterocycles. The van der Waals surface area contributed by atoms with Crippen molar-refractivity contribution in [1.29, 1.82) is 0 Å². The van der Waals surface area contributed by atoms with E-state index in [4.69, 9.17) is 9.84 Å². The Kier molecular flexibility index (Phi) is 5.81. The summed E-state index contributed by atoms with van der Waals surface area (Å²) in [7, 11) is 1.65. The van der Waals surface area contributed by atoms with Gasteiger partial charge in [0.05, 0.1) is 13.0 Å². The minimum atomic E-state index is -0.691. The number of ether oxygens (including phenoxy) is 1. The molecule has 2 N–H and O–H groups in total. The predicted molar refractivity (Wildman–Crippen MR) is 99.2 cm³/mol. The van der Waals surface area contributed by atoms with Crippen molar-refractivity contribution in [2.75, 3.05) is 13.7 Å². The van der Waals surface area contributed by atoms with Crippen LogP contribution < -0.4 is 10.1 Å². The van der Waals surface area contributed by atoms with E-state index in [1.807, 2.05) is 30.5 Å². The summed E-state index contributed by atoms with van der Waals surface area (Å²) in [5, 5.41) is 13.1. The summed E-state index contributed by atoms with van der Waals surface area (Å²) in [5.41, 5.74) is 1.09. The van der Waals surface area contributed by atoms with Gasteiger partial charge in [-0.3, -0.25) is 9.59 Å². The zero-order chi connectivity index (χ0) is 18.5. The molecule has 1 aliphatic carbocycles. The Balaban J connectivity index is 1.44. The predicted octanol–water partition coefficient (Wildman–Crippen LogP) is 3.05. The highest BCUT2D eigenvalue weighted by molar-refractivity contribution is 5.82.